The van der Waals surface area contributed by atoms with Crippen molar-refractivity contribution in [2.24, 2.45) is 0 Å². The number of carbonyl (C=O) groups excluding carboxylic acids is 2. The predicted molar refractivity (Wildman–Crippen MR) is 269 cm³/mol. The van der Waals surface area contributed by atoms with Crippen molar-refractivity contribution in [2.75, 3.05) is 13.2 Å². The monoisotopic (exact) mass is 874 g/mol. The van der Waals surface area contributed by atoms with E-state index in [0.717, 1.165) is 51.4 Å². The van der Waals surface area contributed by atoms with Gasteiger partial charge < -0.3 is 20.3 Å². The second-order valence-corrected chi connectivity index (χ2v) is 18.9. The van der Waals surface area contributed by atoms with Crippen molar-refractivity contribution >= 4 is 11.9 Å². The summed E-state index contributed by atoms with van der Waals surface area (Å²) in [4.78, 5) is 24.4. The fourth-order valence-electron chi connectivity index (χ4n) is 8.49. The first-order valence-electron chi connectivity index (χ1n) is 27.6. The molecule has 2 atom stereocenters. The third kappa shape index (κ3) is 47.8. The van der Waals surface area contributed by atoms with E-state index in [-0.39, 0.29) is 18.5 Å². The molecular weight excluding hydrogens is 767 g/mol. The molecule has 3 N–H and O–H groups in total. The first-order chi connectivity index (χ1) is 30.5. The molecule has 6 nitrogen and oxygen atoms in total. The number of aliphatic hydroxyl groups excluding tert-OH is 2. The number of esters is 1. The van der Waals surface area contributed by atoms with Crippen LogP contribution in [0.4, 0.5) is 0 Å². The van der Waals surface area contributed by atoms with Gasteiger partial charge in [0.2, 0.25) is 5.91 Å². The highest BCUT2D eigenvalue weighted by Gasteiger charge is 2.20. The van der Waals surface area contributed by atoms with Crippen LogP contribution in [0.1, 0.15) is 296 Å². The lowest BCUT2D eigenvalue weighted by atomic mass is 10.0. The van der Waals surface area contributed by atoms with Gasteiger partial charge in [-0.3, -0.25) is 9.59 Å². The molecule has 0 aliphatic rings. The Morgan fingerprint density at radius 2 is 0.806 bits per heavy atom. The smallest absolute Gasteiger partial charge is 0.305 e. The third-order valence-electron chi connectivity index (χ3n) is 12.8. The maximum Gasteiger partial charge on any atom is 0.305 e. The Labute approximate surface area is 386 Å². The lowest BCUT2D eigenvalue weighted by Crippen LogP contribution is -2.45. The first kappa shape index (κ1) is 60.3. The molecule has 2 unspecified atom stereocenters. The van der Waals surface area contributed by atoms with Crippen LogP contribution in [0, 0.1) is 0 Å². The average molecular weight is 874 g/mol. The third-order valence-corrected chi connectivity index (χ3v) is 12.8. The topological polar surface area (TPSA) is 95.9 Å². The number of carbonyl (C=O) groups is 2. The minimum Gasteiger partial charge on any atom is -0.466 e. The Bertz CT molecular complexity index is 966. The largest absolute Gasteiger partial charge is 0.466 e. The summed E-state index contributed by atoms with van der Waals surface area (Å²) < 4.78 is 5.47. The zero-order valence-corrected chi connectivity index (χ0v) is 41.6. The van der Waals surface area contributed by atoms with Gasteiger partial charge >= 0.3 is 5.97 Å². The van der Waals surface area contributed by atoms with E-state index in [0.29, 0.717) is 25.9 Å². The van der Waals surface area contributed by atoms with Crippen molar-refractivity contribution in [1.82, 2.24) is 5.32 Å². The molecule has 0 saturated heterocycles. The minimum atomic E-state index is -0.662. The van der Waals surface area contributed by atoms with E-state index in [2.05, 4.69) is 43.5 Å². The van der Waals surface area contributed by atoms with E-state index in [4.69, 9.17) is 4.74 Å². The van der Waals surface area contributed by atoms with Gasteiger partial charge in [0.25, 0.3) is 0 Å². The van der Waals surface area contributed by atoms with Crippen molar-refractivity contribution < 1.29 is 24.5 Å². The molecule has 0 radical (unpaired) electrons. The molecule has 0 spiro atoms. The summed E-state index contributed by atoms with van der Waals surface area (Å²) in [5.41, 5.74) is 0. The SMILES string of the molecule is CCCCC/C=C\C/C=C\CCCCCCCC(=O)OCCCCCCCCCCCCCCCCCCCCCCCC(=O)NC(CO)C(O)CCCCCCCCCCC. The van der Waals surface area contributed by atoms with Crippen LogP contribution < -0.4 is 5.32 Å². The van der Waals surface area contributed by atoms with Crippen molar-refractivity contribution in [2.45, 2.75) is 309 Å². The van der Waals surface area contributed by atoms with Crippen molar-refractivity contribution in [1.29, 1.82) is 0 Å². The quantitative estimate of drug-likeness (QED) is 0.0321. The van der Waals surface area contributed by atoms with Crippen LogP contribution in [0.2, 0.25) is 0 Å². The van der Waals surface area contributed by atoms with Crippen molar-refractivity contribution in [3.05, 3.63) is 24.3 Å². The van der Waals surface area contributed by atoms with Crippen LogP contribution in [0.25, 0.3) is 0 Å². The molecule has 366 valence electrons. The number of hydrogen-bond acceptors (Lipinski definition) is 5. The molecule has 0 aromatic heterocycles. The van der Waals surface area contributed by atoms with Gasteiger partial charge in [-0.1, -0.05) is 250 Å². The second-order valence-electron chi connectivity index (χ2n) is 18.9. The Hall–Kier alpha value is -1.66. The molecule has 0 aliphatic heterocycles. The molecule has 0 aromatic rings. The molecule has 0 bridgehead atoms. The number of aliphatic hydroxyl groups is 2. The van der Waals surface area contributed by atoms with Crippen LogP contribution in [0.15, 0.2) is 24.3 Å². The number of amides is 1. The Kier molecular flexibility index (Phi) is 50.6. The lowest BCUT2D eigenvalue weighted by Gasteiger charge is -2.22. The van der Waals surface area contributed by atoms with Crippen LogP contribution in [0.3, 0.4) is 0 Å². The van der Waals surface area contributed by atoms with Crippen LogP contribution in [-0.4, -0.2) is 47.4 Å². The van der Waals surface area contributed by atoms with Gasteiger partial charge in [-0.05, 0) is 57.8 Å². The van der Waals surface area contributed by atoms with E-state index in [9.17, 15) is 19.8 Å². The molecule has 6 heteroatoms. The summed E-state index contributed by atoms with van der Waals surface area (Å²) in [6, 6.07) is -0.540. The maximum atomic E-state index is 12.4. The molecule has 0 saturated carbocycles. The second kappa shape index (κ2) is 52.0. The molecule has 0 rings (SSSR count). The first-order valence-corrected chi connectivity index (χ1v) is 27.6. The van der Waals surface area contributed by atoms with E-state index in [1.54, 1.807) is 0 Å². The summed E-state index contributed by atoms with van der Waals surface area (Å²) in [7, 11) is 0. The zero-order valence-electron chi connectivity index (χ0n) is 41.6. The van der Waals surface area contributed by atoms with Gasteiger partial charge in [0.15, 0.2) is 0 Å². The lowest BCUT2D eigenvalue weighted by molar-refractivity contribution is -0.143. The standard InChI is InChI=1S/C56H107NO5/c1-3-5-7-9-11-13-14-15-23-27-30-34-38-42-46-50-56(61)62-51-47-43-39-35-31-28-25-22-20-18-16-17-19-21-24-26-29-33-37-41-45-49-55(60)57-53(52-58)54(59)48-44-40-36-32-12-10-8-6-4-2/h11,13,15,23,53-54,58-59H,3-10,12,14,16-22,24-52H2,1-2H3,(H,57,60)/b13-11-,23-15-. The number of unbranched alkanes of at least 4 members (excludes halogenated alkanes) is 36. The predicted octanol–water partition coefficient (Wildman–Crippen LogP) is 16.7. The molecule has 0 heterocycles. The fourth-order valence-corrected chi connectivity index (χ4v) is 8.49. The number of rotatable bonds is 51. The maximum absolute atomic E-state index is 12.4. The molecule has 62 heavy (non-hydrogen) atoms. The van der Waals surface area contributed by atoms with Crippen LogP contribution in [-0.2, 0) is 14.3 Å². The minimum absolute atomic E-state index is 0.00222. The summed E-state index contributed by atoms with van der Waals surface area (Å²) in [5, 5.41) is 23.1. The van der Waals surface area contributed by atoms with Crippen molar-refractivity contribution in [3.63, 3.8) is 0 Å². The Morgan fingerprint density at radius 1 is 0.452 bits per heavy atom. The summed E-state index contributed by atoms with van der Waals surface area (Å²) in [6.07, 6.45) is 61.7. The van der Waals surface area contributed by atoms with Gasteiger partial charge in [0.1, 0.15) is 0 Å². The molecule has 0 aliphatic carbocycles. The molecular formula is C56H107NO5. The zero-order chi connectivity index (χ0) is 45.1. The fraction of sp³-hybridized carbons (Fsp3) is 0.893. The molecule has 0 fully saturated rings. The number of allylic oxidation sites excluding steroid dienone is 4. The van der Waals surface area contributed by atoms with Crippen LogP contribution >= 0.6 is 0 Å². The van der Waals surface area contributed by atoms with E-state index in [1.807, 2.05) is 0 Å². The van der Waals surface area contributed by atoms with Gasteiger partial charge in [-0.2, -0.15) is 0 Å². The molecule has 1 amide bonds. The molecule has 0 aromatic carbocycles. The van der Waals surface area contributed by atoms with Crippen molar-refractivity contribution in [3.8, 4) is 0 Å². The normalized spacial score (nSPS) is 12.8. The Morgan fingerprint density at radius 3 is 1.26 bits per heavy atom. The average Bonchev–Trinajstić information content (AvgIpc) is 3.27. The number of hydrogen-bond donors (Lipinski definition) is 3. The van der Waals surface area contributed by atoms with E-state index in [1.165, 1.54) is 212 Å². The van der Waals surface area contributed by atoms with Gasteiger partial charge in [0, 0.05) is 12.8 Å². The van der Waals surface area contributed by atoms with Gasteiger partial charge in [0.05, 0.1) is 25.4 Å². The van der Waals surface area contributed by atoms with Gasteiger partial charge in [-0.15, -0.1) is 0 Å². The highest BCUT2D eigenvalue weighted by molar-refractivity contribution is 5.76. The highest BCUT2D eigenvalue weighted by atomic mass is 16.5. The Balaban J connectivity index is 3.36. The summed E-state index contributed by atoms with van der Waals surface area (Å²) in [5.74, 6) is -0.0406. The summed E-state index contributed by atoms with van der Waals surface area (Å²) >= 11 is 0. The van der Waals surface area contributed by atoms with Gasteiger partial charge in [-0.25, -0.2) is 0 Å². The highest BCUT2D eigenvalue weighted by Crippen LogP contribution is 2.17. The van der Waals surface area contributed by atoms with E-state index < -0.39 is 12.1 Å². The summed E-state index contributed by atoms with van der Waals surface area (Å²) in [6.45, 7) is 4.90. The van der Waals surface area contributed by atoms with Crippen LogP contribution in [0.5, 0.6) is 0 Å². The van der Waals surface area contributed by atoms with E-state index >= 15 is 0 Å². The number of nitrogens with one attached hydrogen (secondary N) is 1. The number of ether oxygens (including phenoxy) is 1.